The van der Waals surface area contributed by atoms with Crippen LogP contribution in [0.1, 0.15) is 118 Å². The van der Waals surface area contributed by atoms with Crippen LogP contribution in [-0.2, 0) is 19.1 Å². The third kappa shape index (κ3) is 6.02. The fourth-order valence-corrected chi connectivity index (χ4v) is 13.9. The van der Waals surface area contributed by atoms with Crippen molar-refractivity contribution in [1.29, 1.82) is 0 Å². The molecular formula is C41H68N4O4. The molecule has 4 saturated carbocycles. The summed E-state index contributed by atoms with van der Waals surface area (Å²) in [5.41, 5.74) is 0.726. The SMILES string of the molecule is CCN1CCC(N2CCN(C(=O)CC(=O)NC3CC[C@]4(C)C5CC[C@]6(C)[C@@H]7[C@H](C[C@H]6[C@@H]5CC[C@@H]4C3)O[C@]3(CC[C@@H](C)CO3)[C@H]7C)CC2)CC1. The first-order valence-corrected chi connectivity index (χ1v) is 20.9. The molecule has 4 heterocycles. The maximum atomic E-state index is 13.2. The number of carbonyl (C=O) groups is 2. The van der Waals surface area contributed by atoms with Crippen molar-refractivity contribution in [2.45, 2.75) is 142 Å². The topological polar surface area (TPSA) is 74.4 Å². The lowest BCUT2D eigenvalue weighted by Gasteiger charge is -2.61. The normalized spacial score (nSPS) is 47.7. The number of nitrogens with zero attached hydrogens (tertiary/aromatic N) is 3. The van der Waals surface area contributed by atoms with Crippen molar-refractivity contribution >= 4 is 11.8 Å². The van der Waals surface area contributed by atoms with E-state index in [0.29, 0.717) is 46.6 Å². The molecule has 1 N–H and O–H groups in total. The van der Waals surface area contributed by atoms with Crippen LogP contribution < -0.4 is 5.32 Å². The standard InChI is InChI=1S/C41H68N4O4/c1-6-43-17-12-31(13-18-43)44-19-21-45(22-20-44)37(47)25-36(46)42-30-10-14-39(4)29(23-30)7-8-32-33(39)11-15-40(5)34(32)24-35-38(40)28(3)41(49-35)16-9-27(2)26-48-41/h27-35,38H,6-26H2,1-5H3,(H,42,46)/t27-,28+,29-,30?,32-,33?,34+,35+,38+,39+,40+,41-/m1/s1. The first-order chi connectivity index (χ1) is 23.5. The van der Waals surface area contributed by atoms with Gasteiger partial charge in [-0.1, -0.05) is 34.6 Å². The van der Waals surface area contributed by atoms with E-state index in [2.05, 4.69) is 49.7 Å². The van der Waals surface area contributed by atoms with Crippen molar-refractivity contribution in [3.63, 3.8) is 0 Å². The predicted molar refractivity (Wildman–Crippen MR) is 192 cm³/mol. The first kappa shape index (κ1) is 34.8. The van der Waals surface area contributed by atoms with Crippen LogP contribution in [0.15, 0.2) is 0 Å². The lowest BCUT2D eigenvalue weighted by atomic mass is 9.44. The summed E-state index contributed by atoms with van der Waals surface area (Å²) in [5, 5.41) is 3.36. The zero-order valence-electron chi connectivity index (χ0n) is 31.6. The molecule has 4 saturated heterocycles. The van der Waals surface area contributed by atoms with E-state index in [1.165, 1.54) is 70.9 Å². The Hall–Kier alpha value is -1.22. The number of likely N-dealkylation sites (tertiary alicyclic amines) is 1. The van der Waals surface area contributed by atoms with E-state index < -0.39 is 0 Å². The third-order valence-electron chi connectivity index (χ3n) is 16.8. The van der Waals surface area contributed by atoms with Gasteiger partial charge < -0.3 is 24.6 Å². The molecule has 1 spiro atoms. The highest BCUT2D eigenvalue weighted by molar-refractivity contribution is 5.97. The van der Waals surface area contributed by atoms with Gasteiger partial charge in [0.2, 0.25) is 11.8 Å². The number of hydrogen-bond acceptors (Lipinski definition) is 6. The van der Waals surface area contributed by atoms with Crippen LogP contribution in [-0.4, -0.2) is 103 Å². The Morgan fingerprint density at radius 1 is 0.816 bits per heavy atom. The number of fused-ring (bicyclic) bond motifs is 7. The number of piperazine rings is 1. The largest absolute Gasteiger partial charge is 0.353 e. The van der Waals surface area contributed by atoms with Gasteiger partial charge in [0.25, 0.3) is 0 Å². The summed E-state index contributed by atoms with van der Waals surface area (Å²) in [6.07, 6.45) is 15.0. The Bertz CT molecular complexity index is 1220. The van der Waals surface area contributed by atoms with Crippen LogP contribution in [0.2, 0.25) is 0 Å². The minimum absolute atomic E-state index is 0.00641. The van der Waals surface area contributed by atoms with Crippen molar-refractivity contribution in [1.82, 2.24) is 20.0 Å². The van der Waals surface area contributed by atoms with Gasteiger partial charge in [0.05, 0.1) is 12.7 Å². The molecule has 0 radical (unpaired) electrons. The molecular weight excluding hydrogens is 612 g/mol. The van der Waals surface area contributed by atoms with Gasteiger partial charge in [-0.15, -0.1) is 0 Å². The molecule has 2 unspecified atom stereocenters. The van der Waals surface area contributed by atoms with E-state index in [4.69, 9.17) is 9.47 Å². The Balaban J connectivity index is 0.822. The second-order valence-corrected chi connectivity index (χ2v) is 19.0. The molecule has 8 rings (SSSR count). The number of amides is 2. The van der Waals surface area contributed by atoms with E-state index in [-0.39, 0.29) is 30.1 Å². The molecule has 8 fully saturated rings. The van der Waals surface area contributed by atoms with Crippen LogP contribution >= 0.6 is 0 Å². The monoisotopic (exact) mass is 681 g/mol. The van der Waals surface area contributed by atoms with E-state index in [9.17, 15) is 9.59 Å². The lowest BCUT2D eigenvalue weighted by Crippen LogP contribution is -2.56. The Morgan fingerprint density at radius 2 is 1.57 bits per heavy atom. The predicted octanol–water partition coefficient (Wildman–Crippen LogP) is 5.94. The van der Waals surface area contributed by atoms with Crippen molar-refractivity contribution in [2.24, 2.45) is 52.3 Å². The van der Waals surface area contributed by atoms with Gasteiger partial charge >= 0.3 is 0 Å². The summed E-state index contributed by atoms with van der Waals surface area (Å²) >= 11 is 0. The average Bonchev–Trinajstić information content (AvgIpc) is 3.55. The first-order valence-electron chi connectivity index (χ1n) is 20.9. The summed E-state index contributed by atoms with van der Waals surface area (Å²) in [6, 6.07) is 0.862. The second kappa shape index (κ2) is 13.3. The summed E-state index contributed by atoms with van der Waals surface area (Å²) in [6.45, 7) is 20.0. The van der Waals surface area contributed by atoms with Gasteiger partial charge in [0, 0.05) is 50.6 Å². The minimum atomic E-state index is -0.329. The van der Waals surface area contributed by atoms with Crippen molar-refractivity contribution in [3.05, 3.63) is 0 Å². The Morgan fingerprint density at radius 3 is 2.29 bits per heavy atom. The van der Waals surface area contributed by atoms with Crippen molar-refractivity contribution in [2.75, 3.05) is 52.4 Å². The number of ether oxygens (including phenoxy) is 2. The molecule has 12 atom stereocenters. The smallest absolute Gasteiger partial charge is 0.232 e. The van der Waals surface area contributed by atoms with Crippen LogP contribution in [0.25, 0.3) is 0 Å². The van der Waals surface area contributed by atoms with Gasteiger partial charge in [-0.05, 0) is 137 Å². The quantitative estimate of drug-likeness (QED) is 0.363. The fraction of sp³-hybridized carbons (Fsp3) is 0.951. The highest BCUT2D eigenvalue weighted by atomic mass is 16.7. The maximum Gasteiger partial charge on any atom is 0.232 e. The molecule has 4 aliphatic carbocycles. The number of rotatable bonds is 5. The molecule has 0 bridgehead atoms. The molecule has 276 valence electrons. The molecule has 8 nitrogen and oxygen atoms in total. The van der Waals surface area contributed by atoms with E-state index in [1.54, 1.807) is 0 Å². The van der Waals surface area contributed by atoms with Gasteiger partial charge in [-0.2, -0.15) is 0 Å². The summed E-state index contributed by atoms with van der Waals surface area (Å²) in [4.78, 5) is 33.5. The second-order valence-electron chi connectivity index (χ2n) is 19.0. The molecule has 8 aliphatic rings. The molecule has 0 aromatic carbocycles. The van der Waals surface area contributed by atoms with Crippen molar-refractivity contribution in [3.8, 4) is 0 Å². The molecule has 8 heteroatoms. The highest BCUT2D eigenvalue weighted by Crippen LogP contribution is 2.71. The fourth-order valence-electron chi connectivity index (χ4n) is 13.9. The summed E-state index contributed by atoms with van der Waals surface area (Å²) < 4.78 is 13.6. The number of hydrogen-bond donors (Lipinski definition) is 1. The third-order valence-corrected chi connectivity index (χ3v) is 16.8. The van der Waals surface area contributed by atoms with Gasteiger partial charge in [0.1, 0.15) is 6.42 Å². The van der Waals surface area contributed by atoms with Gasteiger partial charge in [0.15, 0.2) is 5.79 Å². The number of piperidine rings is 1. The average molecular weight is 681 g/mol. The minimum Gasteiger partial charge on any atom is -0.353 e. The summed E-state index contributed by atoms with van der Waals surface area (Å²) in [5.74, 6) is 4.40. The van der Waals surface area contributed by atoms with Crippen molar-refractivity contribution < 1.29 is 19.1 Å². The zero-order chi connectivity index (χ0) is 34.1. The highest BCUT2D eigenvalue weighted by Gasteiger charge is 2.69. The zero-order valence-corrected chi connectivity index (χ0v) is 31.6. The van der Waals surface area contributed by atoms with Crippen LogP contribution in [0.5, 0.6) is 0 Å². The molecule has 4 aliphatic heterocycles. The maximum absolute atomic E-state index is 13.2. The molecule has 2 amide bonds. The molecule has 49 heavy (non-hydrogen) atoms. The lowest BCUT2D eigenvalue weighted by molar-refractivity contribution is -0.273. The van der Waals surface area contributed by atoms with Crippen LogP contribution in [0.4, 0.5) is 0 Å². The Labute approximate surface area is 297 Å². The van der Waals surface area contributed by atoms with Crippen LogP contribution in [0.3, 0.4) is 0 Å². The van der Waals surface area contributed by atoms with E-state index in [0.717, 1.165) is 76.3 Å². The molecule has 0 aromatic heterocycles. The number of carbonyl (C=O) groups excluding carboxylic acids is 2. The van der Waals surface area contributed by atoms with E-state index in [1.807, 2.05) is 4.90 Å². The van der Waals surface area contributed by atoms with E-state index >= 15 is 0 Å². The Kier molecular flexibility index (Phi) is 9.47. The number of nitrogens with one attached hydrogen (secondary N) is 1. The van der Waals surface area contributed by atoms with Crippen LogP contribution in [0, 0.1) is 52.3 Å². The van der Waals surface area contributed by atoms with Gasteiger partial charge in [-0.3, -0.25) is 14.5 Å². The summed E-state index contributed by atoms with van der Waals surface area (Å²) in [7, 11) is 0. The molecule has 0 aromatic rings. The van der Waals surface area contributed by atoms with Gasteiger partial charge in [-0.25, -0.2) is 0 Å².